The molecule has 0 radical (unpaired) electrons. The number of amides is 12. The molecule has 0 unspecified atom stereocenters. The van der Waals surface area contributed by atoms with E-state index in [4.69, 9.17) is 22.9 Å². The zero-order chi connectivity index (χ0) is 75.3. The molecule has 2 aliphatic heterocycles. The maximum absolute atomic E-state index is 14.8. The van der Waals surface area contributed by atoms with Crippen molar-refractivity contribution in [3.05, 3.63) is 54.7 Å². The second-order valence-corrected chi connectivity index (χ2v) is 28.7. The molecule has 0 spiro atoms. The lowest BCUT2D eigenvalue weighted by molar-refractivity contribution is -0.142. The van der Waals surface area contributed by atoms with Gasteiger partial charge in [-0.05, 0) is 106 Å². The van der Waals surface area contributed by atoms with Gasteiger partial charge in [-0.2, -0.15) is 11.8 Å². The molecule has 5 rings (SSSR count). The third-order valence-corrected chi connectivity index (χ3v) is 17.9. The second-order valence-electron chi connectivity index (χ2n) is 27.7. The number of aromatic nitrogens is 6. The van der Waals surface area contributed by atoms with Gasteiger partial charge in [0.05, 0.1) is 31.6 Å². The number of carbonyl (C=O) groups is 12. The molecule has 21 N–H and O–H groups in total. The highest BCUT2D eigenvalue weighted by atomic mass is 32.2. The highest BCUT2D eigenvalue weighted by Crippen LogP contribution is 2.23. The highest BCUT2D eigenvalue weighted by Gasteiger charge is 2.42. The fraction of sp³-hybridized carbons (Fsp3) is 0.667. The fourth-order valence-corrected chi connectivity index (χ4v) is 12.6. The first-order chi connectivity index (χ1) is 48.4. The average Bonchev–Trinajstić information content (AvgIpc) is 1.56. The van der Waals surface area contributed by atoms with Crippen LogP contribution in [0.4, 0.5) is 0 Å². The number of likely N-dealkylation sites (tertiary alicyclic amines) is 2. The van der Waals surface area contributed by atoms with E-state index < -0.39 is 150 Å². The van der Waals surface area contributed by atoms with Gasteiger partial charge in [0.2, 0.25) is 70.9 Å². The Morgan fingerprint density at radius 3 is 1.25 bits per heavy atom. The standard InChI is InChI=1S/C66H108N22O13S/c1-35(2)21-45(81-60(96)48(24-38(7)8)84-62(98)52-14-11-18-87(52)64(100)42(67)25-39-28-71-32-75-39)57(93)79-44(16-20-102-9)56(92)78-43(13-10-17-74-66(69)70)55(91)80-46(22-36(3)4)58(94)82-47(23-37(5)6)59(95)83-49(26-40-29-72-33-76-40)61(97)85-50(27-41-30-73-34-77-41)65(101)88-19-12-15-53(88)63(99)86-51(31-89)54(68)90/h28-30,32-38,42-53,89H,10-27,31,67H2,1-9H3,(H2,68,90)(H,71,75)(H,72,76)(H,73,77)(H,78,92)(H,79,93)(H,80,91)(H,81,96)(H,82,94)(H,83,95)(H,84,98)(H,85,97)(H,86,99)(H4,69,70,74)/t42-,43-,44-,45-,46-,47-,48-,49-,50-,51-,52-,53-/m0/s1. The number of rotatable bonds is 43. The SMILES string of the molecule is CSCC[C@H](NC(=O)[C@H](CC(C)C)NC(=O)[C@H](CC(C)C)NC(=O)[C@@H]1CCCN1C(=O)[C@@H](N)Cc1cnc[nH]1)C(=O)N[C@@H](CCCN=C(N)N)C(=O)N[C@@H](CC(C)C)C(=O)N[C@@H](CC(C)C)C(=O)N[C@@H](Cc1cnc[nH]1)C(=O)N[C@@H](Cc1cnc[nH]1)C(=O)N1CCC[C@H]1C(=O)N[C@@H](CO)C(N)=O. The molecule has 566 valence electrons. The smallest absolute Gasteiger partial charge is 0.246 e. The summed E-state index contributed by atoms with van der Waals surface area (Å²) >= 11 is 1.39. The van der Waals surface area contributed by atoms with Gasteiger partial charge < -0.3 is 101 Å². The van der Waals surface area contributed by atoms with Gasteiger partial charge in [0.1, 0.15) is 66.5 Å². The summed E-state index contributed by atoms with van der Waals surface area (Å²) in [7, 11) is 0. The Hall–Kier alpha value is -9.19. The molecule has 35 nitrogen and oxygen atoms in total. The van der Waals surface area contributed by atoms with Crippen LogP contribution in [0.15, 0.2) is 42.6 Å². The Labute approximate surface area is 598 Å². The molecule has 0 bridgehead atoms. The van der Waals surface area contributed by atoms with Crippen molar-refractivity contribution in [3.63, 3.8) is 0 Å². The van der Waals surface area contributed by atoms with Crippen molar-refractivity contribution >= 4 is 88.6 Å². The van der Waals surface area contributed by atoms with E-state index in [9.17, 15) is 62.6 Å². The normalized spacial score (nSPS) is 17.4. The number of nitrogens with two attached hydrogens (primary N) is 4. The molecule has 0 aliphatic carbocycles. The first-order valence-electron chi connectivity index (χ1n) is 34.9. The van der Waals surface area contributed by atoms with Crippen LogP contribution in [0.3, 0.4) is 0 Å². The second kappa shape index (κ2) is 41.7. The molecule has 0 saturated carbocycles. The number of nitrogens with zero attached hydrogens (tertiary/aromatic N) is 6. The number of imidazole rings is 3. The number of thioether (sulfide) groups is 1. The minimum absolute atomic E-state index is 0.0289. The molecule has 12 atom stereocenters. The Morgan fingerprint density at radius 2 is 0.853 bits per heavy atom. The van der Waals surface area contributed by atoms with Gasteiger partial charge in [-0.1, -0.05) is 55.4 Å². The maximum Gasteiger partial charge on any atom is 0.246 e. The van der Waals surface area contributed by atoms with Crippen molar-refractivity contribution in [1.82, 2.24) is 87.6 Å². The number of hydrogen-bond acceptors (Lipinski definition) is 19. The molecule has 0 aromatic carbocycles. The molecule has 36 heteroatoms. The van der Waals surface area contributed by atoms with E-state index in [-0.39, 0.29) is 120 Å². The van der Waals surface area contributed by atoms with Gasteiger partial charge in [0.15, 0.2) is 5.96 Å². The first kappa shape index (κ1) is 83.5. The largest absolute Gasteiger partial charge is 0.394 e. The Bertz CT molecular complexity index is 3260. The zero-order valence-corrected chi connectivity index (χ0v) is 60.7. The van der Waals surface area contributed by atoms with E-state index >= 15 is 0 Å². The van der Waals surface area contributed by atoms with Crippen LogP contribution in [0.2, 0.25) is 0 Å². The molecular weight excluding hydrogens is 1340 g/mol. The number of H-pyrrole nitrogens is 3. The Balaban J connectivity index is 1.35. The molecule has 12 amide bonds. The monoisotopic (exact) mass is 1450 g/mol. The summed E-state index contributed by atoms with van der Waals surface area (Å²) in [5, 5.41) is 34.5. The first-order valence-corrected chi connectivity index (χ1v) is 36.2. The van der Waals surface area contributed by atoms with Gasteiger partial charge in [0, 0.05) is 74.6 Å². The van der Waals surface area contributed by atoms with E-state index in [1.165, 1.54) is 52.9 Å². The maximum atomic E-state index is 14.8. The van der Waals surface area contributed by atoms with E-state index in [1.54, 1.807) is 26.3 Å². The van der Waals surface area contributed by atoms with Crippen LogP contribution in [0, 0.1) is 23.7 Å². The van der Waals surface area contributed by atoms with Crippen molar-refractivity contribution in [3.8, 4) is 0 Å². The number of guanidine groups is 1. The van der Waals surface area contributed by atoms with Crippen molar-refractivity contribution < 1.29 is 62.6 Å². The molecule has 2 aliphatic rings. The van der Waals surface area contributed by atoms with E-state index in [0.29, 0.717) is 42.1 Å². The van der Waals surface area contributed by atoms with Gasteiger partial charge in [-0.3, -0.25) is 62.5 Å². The minimum Gasteiger partial charge on any atom is -0.394 e. The molecule has 102 heavy (non-hydrogen) atoms. The molecule has 3 aromatic rings. The fourth-order valence-electron chi connectivity index (χ4n) is 12.1. The zero-order valence-electron chi connectivity index (χ0n) is 59.9. The van der Waals surface area contributed by atoms with Crippen LogP contribution in [-0.2, 0) is 76.8 Å². The van der Waals surface area contributed by atoms with Crippen molar-refractivity contribution in [2.75, 3.05) is 38.2 Å². The summed E-state index contributed by atoms with van der Waals surface area (Å²) in [6.07, 6.45) is 12.2. The average molecular weight is 1450 g/mol. The van der Waals surface area contributed by atoms with Crippen LogP contribution < -0.4 is 70.8 Å². The summed E-state index contributed by atoms with van der Waals surface area (Å²) < 4.78 is 0. The molecular formula is C66H108N22O13S. The van der Waals surface area contributed by atoms with Gasteiger partial charge >= 0.3 is 0 Å². The number of aromatic amines is 3. The molecule has 3 aromatic heterocycles. The minimum atomic E-state index is -1.43. The van der Waals surface area contributed by atoms with Crippen LogP contribution in [0.1, 0.15) is 143 Å². The molecule has 2 saturated heterocycles. The molecule has 5 heterocycles. The number of aliphatic hydroxyl groups is 1. The van der Waals surface area contributed by atoms with Crippen LogP contribution in [-0.4, -0.2) is 232 Å². The van der Waals surface area contributed by atoms with Crippen LogP contribution >= 0.6 is 11.8 Å². The number of nitrogens with one attached hydrogen (secondary N) is 12. The third kappa shape index (κ3) is 27.0. The van der Waals surface area contributed by atoms with Crippen LogP contribution in [0.25, 0.3) is 0 Å². The van der Waals surface area contributed by atoms with Crippen LogP contribution in [0.5, 0.6) is 0 Å². The van der Waals surface area contributed by atoms with Gasteiger partial charge in [-0.25, -0.2) is 15.0 Å². The van der Waals surface area contributed by atoms with Crippen molar-refractivity contribution in [1.29, 1.82) is 0 Å². The topological polar surface area (TPSA) is 542 Å². The summed E-state index contributed by atoms with van der Waals surface area (Å²) in [5.74, 6) is -9.42. The predicted molar refractivity (Wildman–Crippen MR) is 379 cm³/mol. The number of aliphatic imine (C=N–C) groups is 1. The number of primary amides is 1. The lowest BCUT2D eigenvalue weighted by atomic mass is 9.99. The lowest BCUT2D eigenvalue weighted by Crippen LogP contribution is -2.61. The lowest BCUT2D eigenvalue weighted by Gasteiger charge is -2.31. The van der Waals surface area contributed by atoms with Gasteiger partial charge in [-0.15, -0.1) is 0 Å². The summed E-state index contributed by atoms with van der Waals surface area (Å²) in [6, 6.07) is -14.8. The third-order valence-electron chi connectivity index (χ3n) is 17.2. The Kier molecular flexibility index (Phi) is 34.1. The van der Waals surface area contributed by atoms with E-state index in [0.717, 1.165) is 0 Å². The van der Waals surface area contributed by atoms with Gasteiger partial charge in [0.25, 0.3) is 0 Å². The number of hydrogen-bond donors (Lipinski definition) is 17. The summed E-state index contributed by atoms with van der Waals surface area (Å²) in [6.45, 7) is 14.3. The van der Waals surface area contributed by atoms with E-state index in [1.807, 2.05) is 41.5 Å². The number of aliphatic hydroxyl groups excluding tert-OH is 1. The molecule has 2 fully saturated rings. The quantitative estimate of drug-likeness (QED) is 0.0153. The Morgan fingerprint density at radius 1 is 0.500 bits per heavy atom. The number of carbonyl (C=O) groups excluding carboxylic acids is 12. The highest BCUT2D eigenvalue weighted by molar-refractivity contribution is 7.98. The summed E-state index contributed by atoms with van der Waals surface area (Å²) in [5.41, 5.74) is 24.4. The van der Waals surface area contributed by atoms with E-state index in [2.05, 4.69) is 82.7 Å². The predicted octanol–water partition coefficient (Wildman–Crippen LogP) is -2.98. The van der Waals surface area contributed by atoms with Crippen molar-refractivity contribution in [2.24, 2.45) is 51.6 Å². The summed E-state index contributed by atoms with van der Waals surface area (Å²) in [4.78, 5) is 198. The van der Waals surface area contributed by atoms with Crippen molar-refractivity contribution in [2.45, 2.75) is 218 Å².